The van der Waals surface area contributed by atoms with E-state index in [0.717, 1.165) is 12.8 Å². The molecule has 2 rings (SSSR count). The Balaban J connectivity index is 2.20. The molecule has 0 aliphatic heterocycles. The largest absolute Gasteiger partial charge is 0.509 e. The summed E-state index contributed by atoms with van der Waals surface area (Å²) in [6.45, 7) is 8.23. The van der Waals surface area contributed by atoms with Crippen molar-refractivity contribution in [3.8, 4) is 0 Å². The number of ketones is 1. The van der Waals surface area contributed by atoms with Crippen LogP contribution < -0.4 is 0 Å². The Bertz CT molecular complexity index is 620. The number of methoxy groups -OCH3 is 1. The minimum absolute atomic E-state index is 0.0185. The minimum atomic E-state index is -0.881. The maximum Gasteiger partial charge on any atom is 0.162 e. The lowest BCUT2D eigenvalue weighted by Gasteiger charge is -2.33. The number of aliphatic hydroxyl groups excluding tert-OH is 1. The molecule has 2 N–H and O–H groups in total. The third kappa shape index (κ3) is 4.66. The van der Waals surface area contributed by atoms with Crippen LogP contribution in [0.3, 0.4) is 0 Å². The molecule has 0 amide bonds. The van der Waals surface area contributed by atoms with Gasteiger partial charge in [0.05, 0.1) is 5.60 Å². The lowest BCUT2D eigenvalue weighted by molar-refractivity contribution is -0.118. The van der Waals surface area contributed by atoms with Crippen molar-refractivity contribution in [3.05, 3.63) is 34.6 Å². The van der Waals surface area contributed by atoms with Crippen LogP contribution in [0.1, 0.15) is 66.2 Å². The van der Waals surface area contributed by atoms with Crippen LogP contribution in [0.15, 0.2) is 34.6 Å². The number of rotatable bonds is 7. The van der Waals surface area contributed by atoms with Crippen LogP contribution in [0.2, 0.25) is 0 Å². The summed E-state index contributed by atoms with van der Waals surface area (Å²) >= 11 is 0. The first kappa shape index (κ1) is 20.9. The zero-order chi connectivity index (χ0) is 19.5. The highest BCUT2D eigenvalue weighted by atomic mass is 16.5. The molecule has 2 aliphatic carbocycles. The molecule has 26 heavy (non-hydrogen) atoms. The Morgan fingerprint density at radius 2 is 2.15 bits per heavy atom. The molecule has 0 fully saturated rings. The second kappa shape index (κ2) is 8.53. The van der Waals surface area contributed by atoms with Gasteiger partial charge in [-0.05, 0) is 58.8 Å². The number of Topliss-reactive ketones (excluding diaryl/α,β-unsaturated/α-hetero) is 1. The molecule has 2 aliphatic rings. The fraction of sp³-hybridized carbons (Fsp3) is 0.682. The predicted octanol–water partition coefficient (Wildman–Crippen LogP) is 4.65. The van der Waals surface area contributed by atoms with Gasteiger partial charge in [0.1, 0.15) is 11.9 Å². The number of ether oxygens (including phenoxy) is 1. The Hall–Kier alpha value is -1.39. The molecule has 0 aromatic heterocycles. The average Bonchev–Trinajstić information content (AvgIpc) is 2.86. The highest BCUT2D eigenvalue weighted by Crippen LogP contribution is 2.45. The summed E-state index contributed by atoms with van der Waals surface area (Å²) < 4.78 is 5.30. The van der Waals surface area contributed by atoms with E-state index in [0.29, 0.717) is 37.2 Å². The van der Waals surface area contributed by atoms with Gasteiger partial charge in [0.25, 0.3) is 0 Å². The number of hydrogen-bond donors (Lipinski definition) is 2. The molecule has 0 radical (unpaired) electrons. The van der Waals surface area contributed by atoms with Crippen LogP contribution in [0.25, 0.3) is 0 Å². The average molecular weight is 363 g/mol. The van der Waals surface area contributed by atoms with Gasteiger partial charge in [-0.2, -0.15) is 0 Å². The summed E-state index contributed by atoms with van der Waals surface area (Å²) in [4.78, 5) is 12.4. The molecule has 0 saturated heterocycles. The number of carbonyl (C=O) groups excluding carboxylic acids is 1. The third-order valence-corrected chi connectivity index (χ3v) is 5.90. The van der Waals surface area contributed by atoms with Crippen LogP contribution in [-0.2, 0) is 9.53 Å². The summed E-state index contributed by atoms with van der Waals surface area (Å²) in [6, 6.07) is 0. The van der Waals surface area contributed by atoms with Gasteiger partial charge in [-0.3, -0.25) is 4.79 Å². The molecule has 4 atom stereocenters. The Kier molecular flexibility index (Phi) is 6.86. The van der Waals surface area contributed by atoms with Gasteiger partial charge >= 0.3 is 0 Å². The molecule has 0 aromatic rings. The lowest BCUT2D eigenvalue weighted by atomic mass is 9.76. The Labute approximate surface area is 157 Å². The van der Waals surface area contributed by atoms with Crippen molar-refractivity contribution in [2.45, 2.75) is 77.9 Å². The molecule has 0 unspecified atom stereocenters. The van der Waals surface area contributed by atoms with E-state index in [2.05, 4.69) is 32.9 Å². The zero-order valence-corrected chi connectivity index (χ0v) is 16.8. The molecule has 0 saturated carbocycles. The lowest BCUT2D eigenvalue weighted by Crippen LogP contribution is -2.35. The third-order valence-electron chi connectivity index (χ3n) is 5.90. The van der Waals surface area contributed by atoms with Crippen LogP contribution in [0.5, 0.6) is 0 Å². The Morgan fingerprint density at radius 1 is 1.46 bits per heavy atom. The highest BCUT2D eigenvalue weighted by molar-refractivity contribution is 5.97. The van der Waals surface area contributed by atoms with Gasteiger partial charge in [0.2, 0.25) is 0 Å². The molecule has 4 nitrogen and oxygen atoms in total. The second-order valence-corrected chi connectivity index (χ2v) is 8.33. The fourth-order valence-electron chi connectivity index (χ4n) is 4.18. The van der Waals surface area contributed by atoms with E-state index in [1.54, 1.807) is 7.11 Å². The second-order valence-electron chi connectivity index (χ2n) is 8.33. The topological polar surface area (TPSA) is 66.8 Å². The van der Waals surface area contributed by atoms with Crippen molar-refractivity contribution in [3.63, 3.8) is 0 Å². The molecule has 0 aromatic carbocycles. The van der Waals surface area contributed by atoms with Crippen molar-refractivity contribution in [1.82, 2.24) is 0 Å². The van der Waals surface area contributed by atoms with Crippen molar-refractivity contribution in [1.29, 1.82) is 0 Å². The molecular formula is C22H34O4. The molecule has 146 valence electrons. The fourth-order valence-corrected chi connectivity index (χ4v) is 4.18. The van der Waals surface area contributed by atoms with Crippen LogP contribution >= 0.6 is 0 Å². The number of aliphatic hydroxyl groups is 2. The summed E-state index contributed by atoms with van der Waals surface area (Å²) in [7, 11) is 1.55. The van der Waals surface area contributed by atoms with E-state index < -0.39 is 11.7 Å². The van der Waals surface area contributed by atoms with Gasteiger partial charge in [-0.15, -0.1) is 0 Å². The van der Waals surface area contributed by atoms with Gasteiger partial charge in [-0.1, -0.05) is 30.2 Å². The summed E-state index contributed by atoms with van der Waals surface area (Å²) in [5, 5.41) is 21.4. The normalized spacial score (nSPS) is 30.4. The highest BCUT2D eigenvalue weighted by Gasteiger charge is 2.42. The van der Waals surface area contributed by atoms with E-state index in [-0.39, 0.29) is 17.5 Å². The van der Waals surface area contributed by atoms with Gasteiger partial charge in [-0.25, -0.2) is 0 Å². The molecular weight excluding hydrogens is 328 g/mol. The van der Waals surface area contributed by atoms with Crippen LogP contribution in [-0.4, -0.2) is 34.8 Å². The first-order chi connectivity index (χ1) is 12.2. The maximum absolute atomic E-state index is 12.4. The predicted molar refractivity (Wildman–Crippen MR) is 104 cm³/mol. The maximum atomic E-state index is 12.4. The molecule has 4 heteroatoms. The standard InChI is InChI=1S/C22H34O4/c1-14(2)7-6-8-15(3)16-11-12-22(4,25)18(16)13-17-19(23)9-10-20(26-5)21(17)24/h7,11,15,18,20,24-25H,6,8-10,12-13H2,1-5H3/t15-,18-,20+,22-/m0/s1. The Morgan fingerprint density at radius 3 is 2.77 bits per heavy atom. The van der Waals surface area contributed by atoms with Crippen molar-refractivity contribution in [2.75, 3.05) is 7.11 Å². The van der Waals surface area contributed by atoms with Crippen molar-refractivity contribution < 1.29 is 19.7 Å². The van der Waals surface area contributed by atoms with Crippen LogP contribution in [0.4, 0.5) is 0 Å². The number of hydrogen-bond acceptors (Lipinski definition) is 4. The van der Waals surface area contributed by atoms with E-state index in [1.807, 2.05) is 6.92 Å². The van der Waals surface area contributed by atoms with E-state index in [4.69, 9.17) is 4.74 Å². The summed E-state index contributed by atoms with van der Waals surface area (Å²) in [6.07, 6.45) is 7.88. The molecule has 0 spiro atoms. The quantitative estimate of drug-likeness (QED) is 0.647. The number of carbonyl (C=O) groups is 1. The SMILES string of the molecule is CO[C@@H]1CCC(=O)C(C[C@H]2C([C@@H](C)CCC=C(C)C)=CC[C@]2(C)O)=C1O. The van der Waals surface area contributed by atoms with Crippen molar-refractivity contribution >= 4 is 5.78 Å². The van der Waals surface area contributed by atoms with Crippen LogP contribution in [0, 0.1) is 11.8 Å². The molecule has 0 bridgehead atoms. The zero-order valence-electron chi connectivity index (χ0n) is 16.8. The van der Waals surface area contributed by atoms with E-state index in [9.17, 15) is 15.0 Å². The first-order valence-electron chi connectivity index (χ1n) is 9.71. The van der Waals surface area contributed by atoms with E-state index >= 15 is 0 Å². The van der Waals surface area contributed by atoms with Gasteiger partial charge in [0.15, 0.2) is 5.78 Å². The monoisotopic (exact) mass is 362 g/mol. The summed E-state index contributed by atoms with van der Waals surface area (Å²) in [5.74, 6) is 0.239. The van der Waals surface area contributed by atoms with E-state index in [1.165, 1.54) is 11.1 Å². The summed E-state index contributed by atoms with van der Waals surface area (Å²) in [5.41, 5.74) is 2.09. The first-order valence-corrected chi connectivity index (χ1v) is 9.71. The molecule has 0 heterocycles. The smallest absolute Gasteiger partial charge is 0.162 e. The minimum Gasteiger partial charge on any atom is -0.509 e. The number of allylic oxidation sites excluding steroid dienone is 3. The van der Waals surface area contributed by atoms with Gasteiger partial charge < -0.3 is 14.9 Å². The van der Waals surface area contributed by atoms with Crippen molar-refractivity contribution in [2.24, 2.45) is 11.8 Å². The van der Waals surface area contributed by atoms with Gasteiger partial charge in [0, 0.05) is 25.0 Å².